The van der Waals surface area contributed by atoms with Crippen LogP contribution in [-0.4, -0.2) is 60.3 Å². The fourth-order valence-corrected chi connectivity index (χ4v) is 3.39. The Morgan fingerprint density at radius 1 is 1.24 bits per heavy atom. The zero-order valence-electron chi connectivity index (χ0n) is 15.2. The Kier molecular flexibility index (Phi) is 4.33. The van der Waals surface area contributed by atoms with Gasteiger partial charge < -0.3 is 14.3 Å². The number of aromatic nitrogens is 3. The molecule has 4 rings (SSSR count). The van der Waals surface area contributed by atoms with E-state index in [0.29, 0.717) is 12.0 Å². The van der Waals surface area contributed by atoms with Gasteiger partial charge in [0, 0.05) is 65.0 Å². The van der Waals surface area contributed by atoms with Crippen LogP contribution in [0.15, 0.2) is 22.9 Å². The molecule has 134 valence electrons. The third-order valence-electron chi connectivity index (χ3n) is 5.14. The first-order valence-electron chi connectivity index (χ1n) is 9.01. The van der Waals surface area contributed by atoms with E-state index in [1.807, 2.05) is 31.3 Å². The largest absolute Gasteiger partial charge is 0.363 e. The van der Waals surface area contributed by atoms with Gasteiger partial charge in [-0.2, -0.15) is 4.98 Å². The van der Waals surface area contributed by atoms with Crippen molar-refractivity contribution >= 4 is 11.8 Å². The summed E-state index contributed by atoms with van der Waals surface area (Å²) in [6.07, 6.45) is 5.43. The van der Waals surface area contributed by atoms with E-state index >= 15 is 0 Å². The number of hydrogen-bond acceptors (Lipinski definition) is 7. The Labute approximate surface area is 148 Å². The minimum atomic E-state index is 0.423. The molecule has 7 nitrogen and oxygen atoms in total. The normalized spacial score (nSPS) is 20.8. The third kappa shape index (κ3) is 3.61. The van der Waals surface area contributed by atoms with Crippen LogP contribution in [0.4, 0.5) is 11.8 Å². The second kappa shape index (κ2) is 6.63. The van der Waals surface area contributed by atoms with Gasteiger partial charge in [0.05, 0.1) is 5.69 Å². The number of hydrogen-bond donors (Lipinski definition) is 0. The van der Waals surface area contributed by atoms with Crippen molar-refractivity contribution in [3.63, 3.8) is 0 Å². The van der Waals surface area contributed by atoms with Crippen LogP contribution < -0.4 is 9.80 Å². The van der Waals surface area contributed by atoms with Crippen LogP contribution in [0.1, 0.15) is 36.6 Å². The van der Waals surface area contributed by atoms with E-state index in [1.165, 1.54) is 12.8 Å². The average Bonchev–Trinajstić information content (AvgIpc) is 3.19. The maximum absolute atomic E-state index is 5.47. The van der Waals surface area contributed by atoms with E-state index in [2.05, 4.69) is 38.0 Å². The lowest BCUT2D eigenvalue weighted by atomic mass is 10.2. The van der Waals surface area contributed by atoms with Crippen molar-refractivity contribution in [3.05, 3.63) is 29.8 Å². The van der Waals surface area contributed by atoms with Gasteiger partial charge >= 0.3 is 0 Å². The number of anilines is 2. The Balaban J connectivity index is 1.36. The Morgan fingerprint density at radius 3 is 2.84 bits per heavy atom. The minimum Gasteiger partial charge on any atom is -0.363 e. The molecule has 3 heterocycles. The Morgan fingerprint density at radius 2 is 2.08 bits per heavy atom. The molecule has 1 saturated heterocycles. The summed E-state index contributed by atoms with van der Waals surface area (Å²) in [7, 11) is 6.08. The van der Waals surface area contributed by atoms with Crippen molar-refractivity contribution in [1.82, 2.24) is 20.0 Å². The number of likely N-dealkylation sites (tertiary alicyclic amines) is 1. The van der Waals surface area contributed by atoms with E-state index in [0.717, 1.165) is 49.3 Å². The fraction of sp³-hybridized carbons (Fsp3) is 0.611. The molecule has 0 spiro atoms. The molecule has 0 aromatic carbocycles. The topological polar surface area (TPSA) is 61.5 Å². The smallest absolute Gasteiger partial charge is 0.227 e. The minimum absolute atomic E-state index is 0.423. The van der Waals surface area contributed by atoms with E-state index < -0.39 is 0 Å². The number of rotatable bonds is 6. The van der Waals surface area contributed by atoms with Crippen molar-refractivity contribution < 1.29 is 4.52 Å². The van der Waals surface area contributed by atoms with Crippen LogP contribution in [0.2, 0.25) is 0 Å². The van der Waals surface area contributed by atoms with Crippen LogP contribution in [-0.2, 0) is 6.54 Å². The summed E-state index contributed by atoms with van der Waals surface area (Å²) in [5.74, 6) is 3.41. The average molecular weight is 342 g/mol. The molecule has 2 fully saturated rings. The van der Waals surface area contributed by atoms with Crippen molar-refractivity contribution in [2.75, 3.05) is 44.0 Å². The van der Waals surface area contributed by atoms with Crippen LogP contribution in [0, 0.1) is 0 Å². The quantitative estimate of drug-likeness (QED) is 0.797. The summed E-state index contributed by atoms with van der Waals surface area (Å²) in [4.78, 5) is 15.7. The summed E-state index contributed by atoms with van der Waals surface area (Å²) in [6, 6.07) is 4.49. The Hall–Kier alpha value is -2.15. The highest BCUT2D eigenvalue weighted by Crippen LogP contribution is 2.40. The van der Waals surface area contributed by atoms with Crippen LogP contribution >= 0.6 is 0 Å². The maximum Gasteiger partial charge on any atom is 0.227 e. The standard InChI is InChI=1S/C18H26N6O/c1-22(2)17-6-8-19-18(20-17)23(3)15-7-9-24(12-15)11-14-10-16(25-21-14)13-4-5-13/h6,8,10,13,15H,4-5,7,9,11-12H2,1-3H3. The molecule has 2 aromatic rings. The summed E-state index contributed by atoms with van der Waals surface area (Å²) in [5.41, 5.74) is 1.05. The first-order valence-corrected chi connectivity index (χ1v) is 9.01. The van der Waals surface area contributed by atoms with Gasteiger partial charge in [0.2, 0.25) is 5.95 Å². The lowest BCUT2D eigenvalue weighted by Crippen LogP contribution is -2.35. The number of likely N-dealkylation sites (N-methyl/N-ethyl adjacent to an activating group) is 1. The van der Waals surface area contributed by atoms with Gasteiger partial charge in [0.25, 0.3) is 0 Å². The monoisotopic (exact) mass is 342 g/mol. The second-order valence-corrected chi connectivity index (χ2v) is 7.39. The molecule has 0 bridgehead atoms. The van der Waals surface area contributed by atoms with Crippen molar-refractivity contribution in [2.45, 2.75) is 37.8 Å². The van der Waals surface area contributed by atoms with Gasteiger partial charge in [-0.1, -0.05) is 5.16 Å². The summed E-state index contributed by atoms with van der Waals surface area (Å²) < 4.78 is 5.47. The van der Waals surface area contributed by atoms with Gasteiger partial charge in [-0.15, -0.1) is 0 Å². The molecular weight excluding hydrogens is 316 g/mol. The molecule has 0 N–H and O–H groups in total. The maximum atomic E-state index is 5.47. The van der Waals surface area contributed by atoms with Gasteiger partial charge in [0.15, 0.2) is 0 Å². The molecular formula is C18H26N6O. The van der Waals surface area contributed by atoms with Crippen molar-refractivity contribution in [3.8, 4) is 0 Å². The second-order valence-electron chi connectivity index (χ2n) is 7.39. The summed E-state index contributed by atoms with van der Waals surface area (Å²) >= 11 is 0. The molecule has 1 aliphatic carbocycles. The highest BCUT2D eigenvalue weighted by molar-refractivity contribution is 5.42. The molecule has 1 saturated carbocycles. The van der Waals surface area contributed by atoms with E-state index in [9.17, 15) is 0 Å². The van der Waals surface area contributed by atoms with Gasteiger partial charge in [-0.25, -0.2) is 4.98 Å². The SMILES string of the molecule is CN(C)c1ccnc(N(C)C2CCN(Cc3cc(C4CC4)on3)C2)n1. The first kappa shape index (κ1) is 16.3. The predicted molar refractivity (Wildman–Crippen MR) is 96.9 cm³/mol. The number of nitrogens with zero attached hydrogens (tertiary/aromatic N) is 6. The van der Waals surface area contributed by atoms with E-state index in [-0.39, 0.29) is 0 Å². The van der Waals surface area contributed by atoms with Gasteiger partial charge in [-0.3, -0.25) is 4.90 Å². The Bertz CT molecular complexity index is 726. The lowest BCUT2D eigenvalue weighted by Gasteiger charge is -2.25. The molecule has 1 unspecified atom stereocenters. The molecule has 1 aliphatic heterocycles. The summed E-state index contributed by atoms with van der Waals surface area (Å²) in [6.45, 7) is 2.92. The summed E-state index contributed by atoms with van der Waals surface area (Å²) in [5, 5.41) is 4.24. The van der Waals surface area contributed by atoms with Crippen LogP contribution in [0.3, 0.4) is 0 Å². The van der Waals surface area contributed by atoms with E-state index in [1.54, 1.807) is 0 Å². The molecule has 7 heteroatoms. The zero-order chi connectivity index (χ0) is 17.4. The molecule has 1 atom stereocenters. The highest BCUT2D eigenvalue weighted by Gasteiger charge is 2.30. The molecule has 25 heavy (non-hydrogen) atoms. The predicted octanol–water partition coefficient (Wildman–Crippen LogP) is 2.12. The van der Waals surface area contributed by atoms with Crippen molar-refractivity contribution in [2.24, 2.45) is 0 Å². The molecule has 2 aromatic heterocycles. The fourth-order valence-electron chi connectivity index (χ4n) is 3.39. The van der Waals surface area contributed by atoms with Crippen LogP contribution in [0.5, 0.6) is 0 Å². The molecule has 0 radical (unpaired) electrons. The van der Waals surface area contributed by atoms with Gasteiger partial charge in [0.1, 0.15) is 11.6 Å². The van der Waals surface area contributed by atoms with Gasteiger partial charge in [-0.05, 0) is 25.3 Å². The zero-order valence-corrected chi connectivity index (χ0v) is 15.2. The van der Waals surface area contributed by atoms with Crippen LogP contribution in [0.25, 0.3) is 0 Å². The van der Waals surface area contributed by atoms with E-state index in [4.69, 9.17) is 4.52 Å². The third-order valence-corrected chi connectivity index (χ3v) is 5.14. The molecule has 0 amide bonds. The van der Waals surface area contributed by atoms with Crippen molar-refractivity contribution in [1.29, 1.82) is 0 Å². The molecule has 2 aliphatic rings. The first-order chi connectivity index (χ1) is 12.1. The highest BCUT2D eigenvalue weighted by atomic mass is 16.5. The lowest BCUT2D eigenvalue weighted by molar-refractivity contribution is 0.306.